The van der Waals surface area contributed by atoms with E-state index in [0.29, 0.717) is 0 Å². The number of nitrogens with one attached hydrogen (secondary N) is 2. The van der Waals surface area contributed by atoms with Crippen LogP contribution in [0.15, 0.2) is 60.0 Å². The van der Waals surface area contributed by atoms with Crippen LogP contribution >= 0.6 is 11.3 Å². The lowest BCUT2D eigenvalue weighted by Gasteiger charge is -2.18. The molecule has 26 heavy (non-hydrogen) atoms. The number of rotatable bonds is 6. The van der Waals surface area contributed by atoms with Gasteiger partial charge in [0.2, 0.25) is 5.91 Å². The molecule has 1 atom stereocenters. The van der Waals surface area contributed by atoms with Crippen molar-refractivity contribution in [1.82, 2.24) is 5.32 Å². The molecule has 2 N–H and O–H groups in total. The lowest BCUT2D eigenvalue weighted by atomic mass is 10.0. The molecule has 0 bridgehead atoms. The first-order chi connectivity index (χ1) is 12.5. The van der Waals surface area contributed by atoms with Crippen LogP contribution in [0.1, 0.15) is 33.2 Å². The number of amides is 1. The highest BCUT2D eigenvalue weighted by molar-refractivity contribution is 7.10. The van der Waals surface area contributed by atoms with Gasteiger partial charge in [0, 0.05) is 10.6 Å². The Morgan fingerprint density at radius 3 is 2.38 bits per heavy atom. The highest BCUT2D eigenvalue weighted by Crippen LogP contribution is 2.26. The Labute approximate surface area is 159 Å². The SMILES string of the molecule is Cc1ccc([C@H](NCC(=O)Nc2ccc(C)cc2C)c2cccs2)cc1. The molecule has 0 fully saturated rings. The first-order valence-corrected chi connectivity index (χ1v) is 9.61. The third-order valence-electron chi connectivity index (χ3n) is 4.36. The van der Waals surface area contributed by atoms with Gasteiger partial charge in [0.25, 0.3) is 0 Å². The summed E-state index contributed by atoms with van der Waals surface area (Å²) in [5, 5.41) is 8.47. The molecule has 134 valence electrons. The molecule has 0 saturated heterocycles. The van der Waals surface area contributed by atoms with Crippen LogP contribution in [-0.4, -0.2) is 12.5 Å². The Morgan fingerprint density at radius 1 is 1.00 bits per heavy atom. The molecule has 0 aliphatic heterocycles. The molecule has 0 radical (unpaired) electrons. The van der Waals surface area contributed by atoms with Gasteiger partial charge in [0.15, 0.2) is 0 Å². The summed E-state index contributed by atoms with van der Waals surface area (Å²) < 4.78 is 0. The van der Waals surface area contributed by atoms with Crippen molar-refractivity contribution in [3.63, 3.8) is 0 Å². The van der Waals surface area contributed by atoms with E-state index in [9.17, 15) is 4.79 Å². The Kier molecular flexibility index (Phi) is 5.86. The minimum Gasteiger partial charge on any atom is -0.325 e. The summed E-state index contributed by atoms with van der Waals surface area (Å²) in [5.74, 6) is -0.0365. The van der Waals surface area contributed by atoms with Crippen LogP contribution in [0.4, 0.5) is 5.69 Å². The summed E-state index contributed by atoms with van der Waals surface area (Å²) in [4.78, 5) is 13.6. The van der Waals surface area contributed by atoms with Gasteiger partial charge in [-0.05, 0) is 49.4 Å². The third kappa shape index (κ3) is 4.59. The van der Waals surface area contributed by atoms with Crippen LogP contribution < -0.4 is 10.6 Å². The van der Waals surface area contributed by atoms with E-state index in [1.165, 1.54) is 16.0 Å². The van der Waals surface area contributed by atoms with Crippen molar-refractivity contribution < 1.29 is 4.79 Å². The summed E-state index contributed by atoms with van der Waals surface area (Å²) in [6.45, 7) is 6.39. The van der Waals surface area contributed by atoms with Crippen LogP contribution in [0, 0.1) is 20.8 Å². The second-order valence-corrected chi connectivity index (χ2v) is 7.59. The summed E-state index contributed by atoms with van der Waals surface area (Å²) >= 11 is 1.70. The van der Waals surface area contributed by atoms with Crippen molar-refractivity contribution in [2.75, 3.05) is 11.9 Å². The molecule has 1 amide bonds. The molecule has 2 aromatic carbocycles. The van der Waals surface area contributed by atoms with Crippen molar-refractivity contribution in [1.29, 1.82) is 0 Å². The number of aryl methyl sites for hydroxylation is 3. The van der Waals surface area contributed by atoms with Gasteiger partial charge in [-0.2, -0.15) is 0 Å². The normalized spacial score (nSPS) is 12.0. The maximum absolute atomic E-state index is 12.4. The standard InChI is InChI=1S/C22H24N2OS/c1-15-6-9-18(10-7-15)22(20-5-4-12-26-20)23-14-21(25)24-19-11-8-16(2)13-17(19)3/h4-13,22-23H,14H2,1-3H3,(H,24,25)/t22-/m0/s1. The highest BCUT2D eigenvalue weighted by atomic mass is 32.1. The first-order valence-electron chi connectivity index (χ1n) is 8.73. The molecule has 3 rings (SSSR count). The Morgan fingerprint density at radius 2 is 1.73 bits per heavy atom. The monoisotopic (exact) mass is 364 g/mol. The summed E-state index contributed by atoms with van der Waals surface area (Å²) in [5.41, 5.74) is 5.52. The number of anilines is 1. The molecule has 1 aromatic heterocycles. The molecule has 0 saturated carbocycles. The highest BCUT2D eigenvalue weighted by Gasteiger charge is 2.16. The lowest BCUT2D eigenvalue weighted by molar-refractivity contribution is -0.115. The first kappa shape index (κ1) is 18.4. The van der Waals surface area contributed by atoms with Crippen molar-refractivity contribution in [2.24, 2.45) is 0 Å². The fraction of sp³-hybridized carbons (Fsp3) is 0.227. The molecule has 0 aliphatic rings. The summed E-state index contributed by atoms with van der Waals surface area (Å²) in [6.07, 6.45) is 0. The Balaban J connectivity index is 1.69. The third-order valence-corrected chi connectivity index (χ3v) is 5.30. The average molecular weight is 365 g/mol. The molecule has 0 spiro atoms. The second kappa shape index (κ2) is 8.30. The number of benzene rings is 2. The second-order valence-electron chi connectivity index (χ2n) is 6.61. The molecule has 1 heterocycles. The van der Waals surface area contributed by atoms with Gasteiger partial charge >= 0.3 is 0 Å². The summed E-state index contributed by atoms with van der Waals surface area (Å²) in [6, 6.07) is 18.6. The van der Waals surface area contributed by atoms with E-state index in [1.807, 2.05) is 32.0 Å². The van der Waals surface area contributed by atoms with E-state index >= 15 is 0 Å². The largest absolute Gasteiger partial charge is 0.325 e. The fourth-order valence-electron chi connectivity index (χ4n) is 2.94. The predicted molar refractivity (Wildman–Crippen MR) is 110 cm³/mol. The zero-order valence-electron chi connectivity index (χ0n) is 15.4. The van der Waals surface area contributed by atoms with Crippen molar-refractivity contribution in [3.8, 4) is 0 Å². The molecular weight excluding hydrogens is 340 g/mol. The fourth-order valence-corrected chi connectivity index (χ4v) is 3.77. The van der Waals surface area contributed by atoms with Gasteiger partial charge in [-0.1, -0.05) is 53.6 Å². The van der Waals surface area contributed by atoms with Gasteiger partial charge in [-0.15, -0.1) is 11.3 Å². The lowest BCUT2D eigenvalue weighted by Crippen LogP contribution is -2.31. The quantitative estimate of drug-likeness (QED) is 0.647. The van der Waals surface area contributed by atoms with Crippen LogP contribution in [0.25, 0.3) is 0 Å². The predicted octanol–water partition coefficient (Wildman–Crippen LogP) is 4.99. The van der Waals surface area contributed by atoms with Gasteiger partial charge < -0.3 is 5.32 Å². The zero-order chi connectivity index (χ0) is 18.5. The number of carbonyl (C=O) groups excluding carboxylic acids is 1. The zero-order valence-corrected chi connectivity index (χ0v) is 16.2. The average Bonchev–Trinajstić information content (AvgIpc) is 3.13. The smallest absolute Gasteiger partial charge is 0.238 e. The van der Waals surface area contributed by atoms with Crippen LogP contribution in [-0.2, 0) is 4.79 Å². The van der Waals surface area contributed by atoms with Gasteiger partial charge in [0.05, 0.1) is 12.6 Å². The maximum Gasteiger partial charge on any atom is 0.238 e. The molecule has 4 heteroatoms. The van der Waals surface area contributed by atoms with Crippen molar-refractivity contribution in [3.05, 3.63) is 87.1 Å². The van der Waals surface area contributed by atoms with E-state index < -0.39 is 0 Å². The molecule has 0 unspecified atom stereocenters. The number of hydrogen-bond acceptors (Lipinski definition) is 3. The van der Waals surface area contributed by atoms with E-state index in [-0.39, 0.29) is 18.5 Å². The van der Waals surface area contributed by atoms with Gasteiger partial charge in [0.1, 0.15) is 0 Å². The number of thiophene rings is 1. The molecule has 0 aliphatic carbocycles. The van der Waals surface area contributed by atoms with Gasteiger partial charge in [-0.3, -0.25) is 10.1 Å². The Hall–Kier alpha value is -2.43. The van der Waals surface area contributed by atoms with Crippen molar-refractivity contribution >= 4 is 22.9 Å². The van der Waals surface area contributed by atoms with Crippen LogP contribution in [0.5, 0.6) is 0 Å². The van der Waals surface area contributed by atoms with Crippen molar-refractivity contribution in [2.45, 2.75) is 26.8 Å². The van der Waals surface area contributed by atoms with Gasteiger partial charge in [-0.25, -0.2) is 0 Å². The molecular formula is C22H24N2OS. The Bertz CT molecular complexity index is 870. The van der Waals surface area contributed by atoms with E-state index in [4.69, 9.17) is 0 Å². The molecule has 3 nitrogen and oxygen atoms in total. The summed E-state index contributed by atoms with van der Waals surface area (Å²) in [7, 11) is 0. The van der Waals surface area contributed by atoms with E-state index in [0.717, 1.165) is 16.8 Å². The topological polar surface area (TPSA) is 41.1 Å². The minimum atomic E-state index is -0.0365. The molecule has 3 aromatic rings. The number of carbonyl (C=O) groups is 1. The van der Waals surface area contributed by atoms with Crippen LogP contribution in [0.3, 0.4) is 0 Å². The maximum atomic E-state index is 12.4. The minimum absolute atomic E-state index is 0.0143. The van der Waals surface area contributed by atoms with E-state index in [2.05, 4.69) is 59.3 Å². The number of hydrogen-bond donors (Lipinski definition) is 2. The van der Waals surface area contributed by atoms with E-state index in [1.54, 1.807) is 11.3 Å². The van der Waals surface area contributed by atoms with Crippen LogP contribution in [0.2, 0.25) is 0 Å².